The average molecular weight is 518 g/mol. The fourth-order valence-corrected chi connectivity index (χ4v) is 3.57. The van der Waals surface area contributed by atoms with Gasteiger partial charge in [-0.25, -0.2) is 13.7 Å². The molecule has 0 aromatic heterocycles. The van der Waals surface area contributed by atoms with Gasteiger partial charge in [-0.1, -0.05) is 13.8 Å². The topological polar surface area (TPSA) is 107 Å². The summed E-state index contributed by atoms with van der Waals surface area (Å²) >= 11 is 15.7. The highest BCUT2D eigenvalue weighted by atomic mass is 35.7. The highest BCUT2D eigenvalue weighted by Crippen LogP contribution is 2.54. The van der Waals surface area contributed by atoms with E-state index in [2.05, 4.69) is 18.1 Å². The first kappa shape index (κ1) is 33.0. The summed E-state index contributed by atoms with van der Waals surface area (Å²) in [5, 5.41) is 0. The Kier molecular flexibility index (Phi) is 23.6. The van der Waals surface area contributed by atoms with Gasteiger partial charge < -0.3 is 9.05 Å². The lowest BCUT2D eigenvalue weighted by Crippen LogP contribution is -1.92. The lowest BCUT2D eigenvalue weighted by Gasteiger charge is -2.09. The van der Waals surface area contributed by atoms with Crippen LogP contribution in [0.1, 0.15) is 40.5 Å². The highest BCUT2D eigenvalue weighted by Gasteiger charge is 2.19. The van der Waals surface area contributed by atoms with Crippen molar-refractivity contribution in [3.05, 3.63) is 0 Å². The van der Waals surface area contributed by atoms with Crippen LogP contribution in [0, 0.1) is 0 Å². The molecule has 168 valence electrons. The van der Waals surface area contributed by atoms with E-state index in [1.807, 2.05) is 13.8 Å². The molecule has 0 saturated heterocycles. The van der Waals surface area contributed by atoms with Gasteiger partial charge in [0.15, 0.2) is 0 Å². The molecule has 0 heterocycles. The molecule has 0 N–H and O–H groups in total. The van der Waals surface area contributed by atoms with Crippen molar-refractivity contribution in [1.29, 1.82) is 0 Å². The Hall–Kier alpha value is 1.32. The van der Waals surface area contributed by atoms with Crippen LogP contribution in [0.5, 0.6) is 0 Å². The maximum absolute atomic E-state index is 11.1. The van der Waals surface area contributed by atoms with Crippen LogP contribution >= 0.6 is 54.6 Å². The number of hydrogen-bond acceptors (Lipinski definition) is 9. The molecule has 0 aromatic carbocycles. The van der Waals surface area contributed by atoms with Gasteiger partial charge in [-0.05, 0) is 26.7 Å². The quantitative estimate of drug-likeness (QED) is 0.248. The Morgan fingerprint density at radius 3 is 1.07 bits per heavy atom. The van der Waals surface area contributed by atoms with Gasteiger partial charge in [0, 0.05) is 47.9 Å². The second kappa shape index (κ2) is 19.3. The molecule has 27 heavy (non-hydrogen) atoms. The molecule has 0 aliphatic heterocycles. The monoisotopic (exact) mass is 516 g/mol. The predicted molar refractivity (Wildman–Crippen MR) is 110 cm³/mol. The molecular formula is C12H30Cl3O9P3. The van der Waals surface area contributed by atoms with Gasteiger partial charge in [-0.3, -0.25) is 18.1 Å². The lowest BCUT2D eigenvalue weighted by molar-refractivity contribution is 0.219. The third-order valence-corrected chi connectivity index (χ3v) is 6.89. The van der Waals surface area contributed by atoms with Gasteiger partial charge >= 0.3 is 20.8 Å². The third-order valence-electron chi connectivity index (χ3n) is 1.90. The summed E-state index contributed by atoms with van der Waals surface area (Å²) in [7, 11) is 2.44. The number of halogens is 3. The minimum Gasteiger partial charge on any atom is -0.300 e. The maximum atomic E-state index is 11.1. The molecule has 9 nitrogen and oxygen atoms in total. The summed E-state index contributed by atoms with van der Waals surface area (Å²) in [5.41, 5.74) is 0. The van der Waals surface area contributed by atoms with E-state index in [0.29, 0.717) is 26.4 Å². The first-order valence-electron chi connectivity index (χ1n) is 7.95. The van der Waals surface area contributed by atoms with E-state index in [1.54, 1.807) is 13.8 Å². The zero-order chi connectivity index (χ0) is 22.0. The van der Waals surface area contributed by atoms with Crippen LogP contribution in [0.25, 0.3) is 0 Å². The predicted octanol–water partition coefficient (Wildman–Crippen LogP) is 7.22. The number of hydrogen-bond donors (Lipinski definition) is 0. The normalized spacial score (nSPS) is 11.9. The van der Waals surface area contributed by atoms with Crippen LogP contribution in [0.3, 0.4) is 0 Å². The van der Waals surface area contributed by atoms with E-state index in [-0.39, 0.29) is 0 Å². The molecule has 0 radical (unpaired) electrons. The van der Waals surface area contributed by atoms with E-state index in [1.165, 1.54) is 14.2 Å². The van der Waals surface area contributed by atoms with Crippen LogP contribution < -0.4 is 0 Å². The molecule has 15 heteroatoms. The Morgan fingerprint density at radius 2 is 0.889 bits per heavy atom. The van der Waals surface area contributed by atoms with Crippen molar-refractivity contribution < 1.29 is 40.8 Å². The molecule has 0 aliphatic carbocycles. The van der Waals surface area contributed by atoms with Gasteiger partial charge in [-0.15, -0.1) is 0 Å². The summed E-state index contributed by atoms with van der Waals surface area (Å²) in [6.07, 6.45) is 1.57. The van der Waals surface area contributed by atoms with Crippen molar-refractivity contribution in [3.8, 4) is 0 Å². The minimum atomic E-state index is -3.25. The lowest BCUT2D eigenvalue weighted by atomic mass is 10.5. The Balaban J connectivity index is -0.000000329. The molecule has 0 spiro atoms. The van der Waals surface area contributed by atoms with Gasteiger partial charge in [0.2, 0.25) is 0 Å². The van der Waals surface area contributed by atoms with Crippen molar-refractivity contribution in [2.75, 3.05) is 40.6 Å². The number of rotatable bonds is 12. The van der Waals surface area contributed by atoms with Crippen LogP contribution in [0.15, 0.2) is 0 Å². The second-order valence-corrected chi connectivity index (χ2v) is 12.2. The fraction of sp³-hybridized carbons (Fsp3) is 1.00. The fourth-order valence-electron chi connectivity index (χ4n) is 0.858. The first-order chi connectivity index (χ1) is 12.4. The van der Waals surface area contributed by atoms with Gasteiger partial charge in [0.25, 0.3) is 0 Å². The Labute approximate surface area is 176 Å². The standard InChI is InChI=1S/C6H14ClO3P.C4H10ClO3P.C2H6ClO3P/c1-3-5-9-11(7,8)10-6-4-2;1-3-7-9(5,6)8-4-2;1-5-7(3,4)6-2/h3-6H2,1-2H3;3-4H2,1-2H3;1-2H3. The van der Waals surface area contributed by atoms with Gasteiger partial charge in [-0.2, -0.15) is 0 Å². The van der Waals surface area contributed by atoms with Crippen LogP contribution in [-0.2, 0) is 40.8 Å². The van der Waals surface area contributed by atoms with E-state index < -0.39 is 20.8 Å². The zero-order valence-corrected chi connectivity index (χ0v) is 21.3. The smallest absolute Gasteiger partial charge is 0.300 e. The third kappa shape index (κ3) is 27.3. The van der Waals surface area contributed by atoms with E-state index in [4.69, 9.17) is 42.8 Å². The van der Waals surface area contributed by atoms with E-state index in [0.717, 1.165) is 12.8 Å². The molecule has 0 fully saturated rings. The van der Waals surface area contributed by atoms with Crippen LogP contribution in [0.4, 0.5) is 0 Å². The van der Waals surface area contributed by atoms with Crippen molar-refractivity contribution in [2.24, 2.45) is 0 Å². The van der Waals surface area contributed by atoms with E-state index in [9.17, 15) is 13.7 Å². The summed E-state index contributed by atoms with van der Waals surface area (Å²) in [6, 6.07) is 0. The summed E-state index contributed by atoms with van der Waals surface area (Å²) in [4.78, 5) is 0. The van der Waals surface area contributed by atoms with Gasteiger partial charge in [0.1, 0.15) is 0 Å². The molecule has 0 rings (SSSR count). The molecular weight excluding hydrogens is 487 g/mol. The maximum Gasteiger partial charge on any atom is 0.424 e. The largest absolute Gasteiger partial charge is 0.424 e. The second-order valence-electron chi connectivity index (χ2n) is 4.16. The molecule has 0 bridgehead atoms. The average Bonchev–Trinajstić information content (AvgIpc) is 2.59. The van der Waals surface area contributed by atoms with Crippen LogP contribution in [0.2, 0.25) is 0 Å². The Morgan fingerprint density at radius 1 is 0.593 bits per heavy atom. The van der Waals surface area contributed by atoms with Crippen LogP contribution in [-0.4, -0.2) is 40.6 Å². The van der Waals surface area contributed by atoms with Crippen molar-refractivity contribution >= 4 is 54.6 Å². The van der Waals surface area contributed by atoms with Crippen molar-refractivity contribution in [2.45, 2.75) is 40.5 Å². The zero-order valence-electron chi connectivity index (χ0n) is 16.4. The molecule has 0 unspecified atom stereocenters. The molecule has 0 atom stereocenters. The Bertz CT molecular complexity index is 452. The van der Waals surface area contributed by atoms with Crippen molar-refractivity contribution in [3.63, 3.8) is 0 Å². The summed E-state index contributed by atoms with van der Waals surface area (Å²) in [6.45, 7) is -1.05. The summed E-state index contributed by atoms with van der Waals surface area (Å²) in [5.74, 6) is 0. The molecule has 0 aromatic rings. The summed E-state index contributed by atoms with van der Waals surface area (Å²) < 4.78 is 59.1. The minimum absolute atomic E-state index is 0.306. The molecule has 0 aliphatic rings. The molecule has 0 amide bonds. The van der Waals surface area contributed by atoms with Crippen molar-refractivity contribution in [1.82, 2.24) is 0 Å². The van der Waals surface area contributed by atoms with Gasteiger partial charge in [0.05, 0.1) is 26.4 Å². The van der Waals surface area contributed by atoms with E-state index >= 15 is 0 Å². The first-order valence-corrected chi connectivity index (χ1v) is 15.3. The highest BCUT2D eigenvalue weighted by molar-refractivity contribution is 7.81. The molecule has 0 saturated carbocycles. The SMILES string of the molecule is CCCOP(=O)(Cl)OCCC.CCOP(=O)(Cl)OCC.COP(=O)(Cl)OC.